The van der Waals surface area contributed by atoms with Crippen LogP contribution in [0, 0.1) is 11.8 Å². The summed E-state index contributed by atoms with van der Waals surface area (Å²) in [5.74, 6) is 5.78. The van der Waals surface area contributed by atoms with E-state index < -0.39 is 0 Å². The Hall–Kier alpha value is -1.37. The highest BCUT2D eigenvalue weighted by atomic mass is 16.2. The van der Waals surface area contributed by atoms with Gasteiger partial charge in [0.15, 0.2) is 0 Å². The fourth-order valence-electron chi connectivity index (χ4n) is 2.51. The molecule has 0 amide bonds. The lowest BCUT2D eigenvalue weighted by Gasteiger charge is -2.31. The van der Waals surface area contributed by atoms with Crippen molar-refractivity contribution in [2.75, 3.05) is 19.7 Å². The van der Waals surface area contributed by atoms with E-state index in [1.807, 2.05) is 18.5 Å². The molecule has 1 aromatic heterocycles. The topological polar surface area (TPSA) is 37.6 Å². The Morgan fingerprint density at radius 2 is 2.35 bits per heavy atom. The highest BCUT2D eigenvalue weighted by Gasteiger charge is 2.26. The van der Waals surface area contributed by atoms with Gasteiger partial charge in [-0.2, -0.15) is 0 Å². The van der Waals surface area contributed by atoms with Gasteiger partial charge in [0, 0.05) is 24.4 Å². The van der Waals surface area contributed by atoms with Gasteiger partial charge in [0.1, 0.15) is 19.2 Å². The average Bonchev–Trinajstić information content (AvgIpc) is 2.41. The number of likely N-dealkylation sites (tertiary alicyclic amines) is 1. The zero-order valence-electron chi connectivity index (χ0n) is 10.0. The van der Waals surface area contributed by atoms with E-state index in [0.29, 0.717) is 6.04 Å². The van der Waals surface area contributed by atoms with E-state index in [1.54, 1.807) is 0 Å². The van der Waals surface area contributed by atoms with Crippen molar-refractivity contribution >= 4 is 0 Å². The predicted octanol–water partition coefficient (Wildman–Crippen LogP) is 0.187. The number of hydrogen-bond acceptors (Lipinski definition) is 2. The summed E-state index contributed by atoms with van der Waals surface area (Å²) in [5.41, 5.74) is 1.31. The molecule has 0 bridgehead atoms. The highest BCUT2D eigenvalue weighted by Crippen LogP contribution is 2.17. The second kappa shape index (κ2) is 6.39. The molecule has 1 saturated heterocycles. The number of aliphatic hydroxyl groups is 1. The van der Waals surface area contributed by atoms with Crippen LogP contribution < -0.4 is 4.90 Å². The van der Waals surface area contributed by atoms with Gasteiger partial charge in [-0.05, 0) is 24.8 Å². The molecule has 0 saturated carbocycles. The zero-order chi connectivity index (χ0) is 11.9. The van der Waals surface area contributed by atoms with Crippen molar-refractivity contribution in [3.8, 4) is 11.8 Å². The molecule has 90 valence electrons. The Morgan fingerprint density at radius 3 is 3.12 bits per heavy atom. The Balaban J connectivity index is 2.07. The molecule has 0 radical (unpaired) electrons. The standard InChI is InChI=1S/C14H18N2O/c17-11-4-3-10-16-9-2-1-7-14(16)13-6-5-8-15-12-13/h5-6,8,12,14,17H,1-2,7,9-11H2/p+1/t14-/m0/s1. The van der Waals surface area contributed by atoms with Crippen LogP contribution in [-0.4, -0.2) is 29.8 Å². The first-order valence-electron chi connectivity index (χ1n) is 6.23. The van der Waals surface area contributed by atoms with Crippen LogP contribution in [0.4, 0.5) is 0 Å². The summed E-state index contributed by atoms with van der Waals surface area (Å²) in [4.78, 5) is 5.71. The van der Waals surface area contributed by atoms with Gasteiger partial charge in [0.25, 0.3) is 0 Å². The molecule has 17 heavy (non-hydrogen) atoms. The van der Waals surface area contributed by atoms with Gasteiger partial charge < -0.3 is 10.0 Å². The molecule has 2 N–H and O–H groups in total. The number of nitrogens with one attached hydrogen (secondary N) is 1. The SMILES string of the molecule is OCC#CC[NH+]1CCCC[C@H]1c1cccnc1. The number of quaternary nitrogens is 1. The third kappa shape index (κ3) is 3.29. The lowest BCUT2D eigenvalue weighted by Crippen LogP contribution is -3.13. The third-order valence-corrected chi connectivity index (χ3v) is 3.34. The van der Waals surface area contributed by atoms with E-state index in [4.69, 9.17) is 5.11 Å². The lowest BCUT2D eigenvalue weighted by atomic mass is 9.96. The number of pyridine rings is 1. The number of aliphatic hydroxyl groups excluding tert-OH is 1. The van der Waals surface area contributed by atoms with E-state index in [2.05, 4.69) is 22.9 Å². The number of nitrogens with zero attached hydrogens (tertiary/aromatic N) is 1. The van der Waals surface area contributed by atoms with Crippen molar-refractivity contribution in [2.45, 2.75) is 25.3 Å². The number of rotatable bonds is 2. The first-order valence-corrected chi connectivity index (χ1v) is 6.23. The Morgan fingerprint density at radius 1 is 1.41 bits per heavy atom. The molecule has 0 aromatic carbocycles. The van der Waals surface area contributed by atoms with Gasteiger partial charge >= 0.3 is 0 Å². The summed E-state index contributed by atoms with van der Waals surface area (Å²) in [7, 11) is 0. The number of hydrogen-bond donors (Lipinski definition) is 2. The van der Waals surface area contributed by atoms with Crippen LogP contribution in [0.2, 0.25) is 0 Å². The van der Waals surface area contributed by atoms with E-state index in [1.165, 1.54) is 36.3 Å². The average molecular weight is 231 g/mol. The van der Waals surface area contributed by atoms with Gasteiger partial charge in [-0.25, -0.2) is 0 Å². The molecule has 2 atom stereocenters. The fourth-order valence-corrected chi connectivity index (χ4v) is 2.51. The summed E-state index contributed by atoms with van der Waals surface area (Å²) in [6.07, 6.45) is 7.55. The Labute approximate surface area is 102 Å². The first kappa shape index (κ1) is 12.1. The summed E-state index contributed by atoms with van der Waals surface area (Å²) in [6, 6.07) is 4.68. The number of piperidine rings is 1. The highest BCUT2D eigenvalue weighted by molar-refractivity contribution is 5.12. The van der Waals surface area contributed by atoms with E-state index >= 15 is 0 Å². The van der Waals surface area contributed by atoms with Crippen molar-refractivity contribution < 1.29 is 10.0 Å². The van der Waals surface area contributed by atoms with E-state index in [-0.39, 0.29) is 6.61 Å². The molecule has 0 spiro atoms. The third-order valence-electron chi connectivity index (χ3n) is 3.34. The van der Waals surface area contributed by atoms with Crippen molar-refractivity contribution in [3.63, 3.8) is 0 Å². The number of aromatic nitrogens is 1. The summed E-state index contributed by atoms with van der Waals surface area (Å²) in [5, 5.41) is 8.69. The van der Waals surface area contributed by atoms with Crippen LogP contribution in [0.1, 0.15) is 30.9 Å². The molecule has 1 aliphatic rings. The van der Waals surface area contributed by atoms with Crippen LogP contribution in [0.15, 0.2) is 24.5 Å². The van der Waals surface area contributed by atoms with Crippen LogP contribution in [0.3, 0.4) is 0 Å². The first-order chi connectivity index (χ1) is 8.42. The Kier molecular flexibility index (Phi) is 4.54. The predicted molar refractivity (Wildman–Crippen MR) is 66.4 cm³/mol. The second-order valence-electron chi connectivity index (χ2n) is 4.43. The molecule has 1 aromatic rings. The van der Waals surface area contributed by atoms with Gasteiger partial charge in [-0.15, -0.1) is 0 Å². The normalized spacial score (nSPS) is 23.8. The fraction of sp³-hybridized carbons (Fsp3) is 0.500. The largest absolute Gasteiger partial charge is 0.384 e. The van der Waals surface area contributed by atoms with Crippen molar-refractivity contribution in [2.24, 2.45) is 0 Å². The van der Waals surface area contributed by atoms with Crippen LogP contribution >= 0.6 is 0 Å². The second-order valence-corrected chi connectivity index (χ2v) is 4.43. The summed E-state index contributed by atoms with van der Waals surface area (Å²) >= 11 is 0. The minimum Gasteiger partial charge on any atom is -0.384 e. The van der Waals surface area contributed by atoms with Gasteiger partial charge in [0.05, 0.1) is 6.54 Å². The van der Waals surface area contributed by atoms with E-state index in [9.17, 15) is 0 Å². The van der Waals surface area contributed by atoms with Crippen molar-refractivity contribution in [1.82, 2.24) is 4.98 Å². The lowest BCUT2D eigenvalue weighted by molar-refractivity contribution is -0.930. The van der Waals surface area contributed by atoms with E-state index in [0.717, 1.165) is 6.54 Å². The van der Waals surface area contributed by atoms with Crippen molar-refractivity contribution in [3.05, 3.63) is 30.1 Å². The molecule has 2 heterocycles. The molecule has 0 aliphatic carbocycles. The maximum absolute atomic E-state index is 8.69. The van der Waals surface area contributed by atoms with Crippen LogP contribution in [0.25, 0.3) is 0 Å². The molecular weight excluding hydrogens is 212 g/mol. The molecule has 1 aliphatic heterocycles. The smallest absolute Gasteiger partial charge is 0.139 e. The maximum atomic E-state index is 8.69. The van der Waals surface area contributed by atoms with Gasteiger partial charge in [0.2, 0.25) is 0 Å². The minimum absolute atomic E-state index is 0.0369. The van der Waals surface area contributed by atoms with Crippen LogP contribution in [-0.2, 0) is 0 Å². The minimum atomic E-state index is -0.0369. The molecule has 2 rings (SSSR count). The molecule has 1 fully saturated rings. The van der Waals surface area contributed by atoms with Gasteiger partial charge in [-0.1, -0.05) is 12.0 Å². The Bertz CT molecular complexity index is 394. The maximum Gasteiger partial charge on any atom is 0.139 e. The summed E-state index contributed by atoms with van der Waals surface area (Å²) < 4.78 is 0. The van der Waals surface area contributed by atoms with Crippen molar-refractivity contribution in [1.29, 1.82) is 0 Å². The molecule has 3 nitrogen and oxygen atoms in total. The zero-order valence-corrected chi connectivity index (χ0v) is 10.0. The molecule has 1 unspecified atom stereocenters. The van der Waals surface area contributed by atoms with Gasteiger partial charge in [-0.3, -0.25) is 4.98 Å². The molecular formula is C14H19N2O+. The quantitative estimate of drug-likeness (QED) is 0.713. The monoisotopic (exact) mass is 231 g/mol. The summed E-state index contributed by atoms with van der Waals surface area (Å²) in [6.45, 7) is 1.95. The molecule has 3 heteroatoms. The van der Waals surface area contributed by atoms with Crippen LogP contribution in [0.5, 0.6) is 0 Å².